The third kappa shape index (κ3) is 5.87. The van der Waals surface area contributed by atoms with Crippen molar-refractivity contribution in [1.29, 1.82) is 0 Å². The maximum Gasteiger partial charge on any atom is 0.0750 e. The maximum absolute atomic E-state index is 5.73. The van der Waals surface area contributed by atoms with Crippen molar-refractivity contribution < 1.29 is 4.74 Å². The molecule has 1 aliphatic carbocycles. The van der Waals surface area contributed by atoms with E-state index in [1.54, 1.807) is 0 Å². The second-order valence-corrected chi connectivity index (χ2v) is 6.05. The largest absolute Gasteiger partial charge is 0.375 e. The zero-order valence-electron chi connectivity index (χ0n) is 12.2. The molecule has 2 nitrogen and oxygen atoms in total. The Morgan fingerprint density at radius 3 is 2.53 bits per heavy atom. The van der Waals surface area contributed by atoms with Crippen LogP contribution in [-0.2, 0) is 4.74 Å². The van der Waals surface area contributed by atoms with Crippen LogP contribution in [0.3, 0.4) is 0 Å². The molecule has 0 aromatic carbocycles. The fraction of sp³-hybridized carbons (Fsp3) is 1.00. The summed E-state index contributed by atoms with van der Waals surface area (Å²) in [5.74, 6) is 0.974. The first-order valence-corrected chi connectivity index (χ1v) is 7.44. The van der Waals surface area contributed by atoms with E-state index < -0.39 is 0 Å². The molecule has 0 bridgehead atoms. The Balaban J connectivity index is 2.27. The molecule has 2 atom stereocenters. The van der Waals surface area contributed by atoms with E-state index in [-0.39, 0.29) is 5.60 Å². The van der Waals surface area contributed by atoms with Crippen LogP contribution in [0.2, 0.25) is 0 Å². The highest BCUT2D eigenvalue weighted by Gasteiger charge is 2.22. The van der Waals surface area contributed by atoms with E-state index in [2.05, 4.69) is 33.0 Å². The van der Waals surface area contributed by atoms with E-state index in [9.17, 15) is 0 Å². The van der Waals surface area contributed by atoms with Gasteiger partial charge in [0.2, 0.25) is 0 Å². The van der Waals surface area contributed by atoms with Crippen LogP contribution in [0.25, 0.3) is 0 Å². The number of nitrogens with one attached hydrogen (secondary N) is 1. The molecular formula is C15H31NO. The van der Waals surface area contributed by atoms with Gasteiger partial charge < -0.3 is 10.1 Å². The molecular weight excluding hydrogens is 210 g/mol. The molecule has 2 heteroatoms. The van der Waals surface area contributed by atoms with Crippen LogP contribution in [0, 0.1) is 5.92 Å². The number of rotatable bonds is 6. The lowest BCUT2D eigenvalue weighted by Gasteiger charge is -2.28. The average Bonchev–Trinajstić information content (AvgIpc) is 2.51. The Hall–Kier alpha value is -0.0800. The highest BCUT2D eigenvalue weighted by atomic mass is 16.5. The highest BCUT2D eigenvalue weighted by molar-refractivity contribution is 4.79. The molecule has 0 spiro atoms. The molecule has 0 aliphatic heterocycles. The zero-order valence-corrected chi connectivity index (χ0v) is 12.2. The summed E-state index contributed by atoms with van der Waals surface area (Å²) in [6, 6.07) is 0.714. The van der Waals surface area contributed by atoms with Crippen molar-refractivity contribution in [3.05, 3.63) is 0 Å². The van der Waals surface area contributed by atoms with Crippen molar-refractivity contribution in [2.24, 2.45) is 5.92 Å². The van der Waals surface area contributed by atoms with Crippen molar-refractivity contribution in [3.63, 3.8) is 0 Å². The normalized spacial score (nSPS) is 26.8. The van der Waals surface area contributed by atoms with Gasteiger partial charge >= 0.3 is 0 Å². The Bertz CT molecular complexity index is 203. The molecule has 0 saturated heterocycles. The minimum atomic E-state index is -0.0226. The van der Waals surface area contributed by atoms with Gasteiger partial charge in [-0.2, -0.15) is 0 Å². The second-order valence-electron chi connectivity index (χ2n) is 6.05. The van der Waals surface area contributed by atoms with Crippen LogP contribution in [-0.4, -0.2) is 24.8 Å². The first-order chi connectivity index (χ1) is 8.07. The summed E-state index contributed by atoms with van der Waals surface area (Å²) >= 11 is 0. The Labute approximate surface area is 108 Å². The second kappa shape index (κ2) is 7.38. The van der Waals surface area contributed by atoms with Gasteiger partial charge in [-0.3, -0.25) is 0 Å². The smallest absolute Gasteiger partial charge is 0.0750 e. The first kappa shape index (κ1) is 15.0. The van der Waals surface area contributed by atoms with Gasteiger partial charge in [-0.05, 0) is 46.0 Å². The van der Waals surface area contributed by atoms with Gasteiger partial charge in [-0.15, -0.1) is 0 Å². The van der Waals surface area contributed by atoms with E-state index in [0.717, 1.165) is 19.1 Å². The number of hydrogen-bond acceptors (Lipinski definition) is 2. The minimum absolute atomic E-state index is 0.0226. The molecule has 0 radical (unpaired) electrons. The average molecular weight is 241 g/mol. The van der Waals surface area contributed by atoms with Crippen molar-refractivity contribution in [3.8, 4) is 0 Å². The van der Waals surface area contributed by atoms with Gasteiger partial charge in [0, 0.05) is 19.2 Å². The molecule has 102 valence electrons. The topological polar surface area (TPSA) is 21.3 Å². The molecule has 1 N–H and O–H groups in total. The van der Waals surface area contributed by atoms with Crippen molar-refractivity contribution in [2.45, 2.75) is 77.9 Å². The van der Waals surface area contributed by atoms with E-state index in [1.807, 2.05) is 0 Å². The van der Waals surface area contributed by atoms with Gasteiger partial charge in [-0.1, -0.05) is 26.2 Å². The van der Waals surface area contributed by atoms with Crippen LogP contribution >= 0.6 is 0 Å². The molecule has 1 saturated carbocycles. The van der Waals surface area contributed by atoms with Crippen molar-refractivity contribution in [1.82, 2.24) is 5.32 Å². The lowest BCUT2D eigenvalue weighted by atomic mass is 9.97. The first-order valence-electron chi connectivity index (χ1n) is 7.44. The quantitative estimate of drug-likeness (QED) is 0.715. The Morgan fingerprint density at radius 1 is 1.12 bits per heavy atom. The van der Waals surface area contributed by atoms with Crippen LogP contribution < -0.4 is 5.32 Å². The molecule has 1 fully saturated rings. The minimum Gasteiger partial charge on any atom is -0.375 e. The monoisotopic (exact) mass is 241 g/mol. The zero-order chi connectivity index (χ0) is 12.7. The van der Waals surface area contributed by atoms with E-state index >= 15 is 0 Å². The third-order valence-corrected chi connectivity index (χ3v) is 4.02. The van der Waals surface area contributed by atoms with Crippen LogP contribution in [0.5, 0.6) is 0 Å². The summed E-state index contributed by atoms with van der Waals surface area (Å²) in [4.78, 5) is 0. The summed E-state index contributed by atoms with van der Waals surface area (Å²) in [6.07, 6.45) is 8.29. The summed E-state index contributed by atoms with van der Waals surface area (Å²) < 4.78 is 5.73. The highest BCUT2D eigenvalue weighted by Crippen LogP contribution is 2.25. The summed E-state index contributed by atoms with van der Waals surface area (Å²) in [5.41, 5.74) is -0.0226. The van der Waals surface area contributed by atoms with Crippen LogP contribution in [0.4, 0.5) is 0 Å². The van der Waals surface area contributed by atoms with Crippen molar-refractivity contribution in [2.75, 3.05) is 13.2 Å². The molecule has 2 unspecified atom stereocenters. The van der Waals surface area contributed by atoms with Gasteiger partial charge in [0.15, 0.2) is 0 Å². The summed E-state index contributed by atoms with van der Waals surface area (Å²) in [6.45, 7) is 10.5. The molecule has 0 amide bonds. The predicted molar refractivity (Wildman–Crippen MR) is 74.4 cm³/mol. The fourth-order valence-electron chi connectivity index (χ4n) is 2.82. The SMILES string of the molecule is CCOC(C)(C)CNC1CCCC(CC)CC1. The van der Waals surface area contributed by atoms with E-state index in [0.29, 0.717) is 6.04 Å². The van der Waals surface area contributed by atoms with Gasteiger partial charge in [0.1, 0.15) is 0 Å². The Morgan fingerprint density at radius 2 is 1.88 bits per heavy atom. The maximum atomic E-state index is 5.73. The Kier molecular flexibility index (Phi) is 6.50. The molecule has 0 aromatic rings. The van der Waals surface area contributed by atoms with E-state index in [4.69, 9.17) is 4.74 Å². The summed E-state index contributed by atoms with van der Waals surface area (Å²) in [7, 11) is 0. The third-order valence-electron chi connectivity index (χ3n) is 4.02. The number of ether oxygens (including phenoxy) is 1. The standard InChI is InChI=1S/C15H31NO/c1-5-13-8-7-9-14(11-10-13)16-12-15(3,4)17-6-2/h13-14,16H,5-12H2,1-4H3. The number of hydrogen-bond donors (Lipinski definition) is 1. The van der Waals surface area contributed by atoms with Crippen molar-refractivity contribution >= 4 is 0 Å². The molecule has 1 aliphatic rings. The van der Waals surface area contributed by atoms with Gasteiger partial charge in [0.05, 0.1) is 5.60 Å². The van der Waals surface area contributed by atoms with Crippen LogP contribution in [0.1, 0.15) is 66.2 Å². The summed E-state index contributed by atoms with van der Waals surface area (Å²) in [5, 5.41) is 3.71. The van der Waals surface area contributed by atoms with Gasteiger partial charge in [0.25, 0.3) is 0 Å². The predicted octanol–water partition coefficient (Wildman–Crippen LogP) is 3.75. The fourth-order valence-corrected chi connectivity index (χ4v) is 2.82. The lowest BCUT2D eigenvalue weighted by molar-refractivity contribution is -0.0109. The molecule has 0 heterocycles. The molecule has 1 rings (SSSR count). The van der Waals surface area contributed by atoms with E-state index in [1.165, 1.54) is 38.5 Å². The molecule has 17 heavy (non-hydrogen) atoms. The van der Waals surface area contributed by atoms with Crippen LogP contribution in [0.15, 0.2) is 0 Å². The molecule has 0 aromatic heterocycles. The lowest BCUT2D eigenvalue weighted by Crippen LogP contribution is -2.42. The van der Waals surface area contributed by atoms with Gasteiger partial charge in [-0.25, -0.2) is 0 Å².